The zero-order valence-corrected chi connectivity index (χ0v) is 21.4. The molecule has 1 heterocycles. The topological polar surface area (TPSA) is 43.9 Å². The molecule has 2 fully saturated rings. The Hall–Kier alpha value is -1.36. The predicted octanol–water partition coefficient (Wildman–Crippen LogP) is 4.58. The lowest BCUT2D eigenvalue weighted by Gasteiger charge is -2.57. The number of hydrogen-bond donors (Lipinski definition) is 0. The molecule has 0 radical (unpaired) electrons. The van der Waals surface area contributed by atoms with Gasteiger partial charge in [0.05, 0.1) is 0 Å². The van der Waals surface area contributed by atoms with Crippen molar-refractivity contribution in [1.82, 2.24) is 14.7 Å². The molecule has 0 aromatic heterocycles. The number of allylic oxidation sites excluding steroid dienone is 1. The molecule has 3 aliphatic carbocycles. The Morgan fingerprint density at radius 3 is 2.44 bits per heavy atom. The molecule has 5 heteroatoms. The van der Waals surface area contributed by atoms with Crippen molar-refractivity contribution in [3.05, 3.63) is 11.6 Å². The van der Waals surface area contributed by atoms with Gasteiger partial charge in [0, 0.05) is 58.2 Å². The summed E-state index contributed by atoms with van der Waals surface area (Å²) in [4.78, 5) is 32.2. The van der Waals surface area contributed by atoms with E-state index in [0.29, 0.717) is 23.7 Å². The van der Waals surface area contributed by atoms with Gasteiger partial charge in [0.1, 0.15) is 0 Å². The normalized spacial score (nSPS) is 25.7. The van der Waals surface area contributed by atoms with Gasteiger partial charge in [-0.2, -0.15) is 0 Å². The van der Waals surface area contributed by atoms with Crippen LogP contribution in [0.2, 0.25) is 0 Å². The van der Waals surface area contributed by atoms with Gasteiger partial charge in [0.2, 0.25) is 11.8 Å². The van der Waals surface area contributed by atoms with Gasteiger partial charge in [-0.3, -0.25) is 14.5 Å². The van der Waals surface area contributed by atoms with Crippen LogP contribution in [0.4, 0.5) is 0 Å². The Kier molecular flexibility index (Phi) is 8.82. The summed E-state index contributed by atoms with van der Waals surface area (Å²) in [6.45, 7) is 17.1. The maximum atomic E-state index is 12.9. The second-order valence-corrected chi connectivity index (χ2v) is 10.9. The van der Waals surface area contributed by atoms with Crippen LogP contribution in [-0.2, 0) is 9.59 Å². The van der Waals surface area contributed by atoms with Crippen LogP contribution in [0.25, 0.3) is 0 Å². The van der Waals surface area contributed by atoms with Crippen molar-refractivity contribution in [3.8, 4) is 0 Å². The van der Waals surface area contributed by atoms with E-state index in [1.54, 1.807) is 0 Å². The Morgan fingerprint density at radius 1 is 1.16 bits per heavy atom. The lowest BCUT2D eigenvalue weighted by molar-refractivity contribution is -0.137. The van der Waals surface area contributed by atoms with Gasteiger partial charge in [-0.25, -0.2) is 0 Å². The minimum Gasteiger partial charge on any atom is -0.340 e. The fourth-order valence-corrected chi connectivity index (χ4v) is 6.06. The van der Waals surface area contributed by atoms with Crippen molar-refractivity contribution in [2.24, 2.45) is 23.2 Å². The lowest BCUT2D eigenvalue weighted by Crippen LogP contribution is -2.53. The van der Waals surface area contributed by atoms with Gasteiger partial charge in [-0.15, -0.1) is 0 Å². The zero-order chi connectivity index (χ0) is 23.3. The third-order valence-electron chi connectivity index (χ3n) is 8.73. The number of carbonyl (C=O) groups excluding carboxylic acids is 2. The van der Waals surface area contributed by atoms with E-state index in [4.69, 9.17) is 0 Å². The predicted molar refractivity (Wildman–Crippen MR) is 131 cm³/mol. The summed E-state index contributed by atoms with van der Waals surface area (Å²) < 4.78 is 0. The molecule has 5 nitrogen and oxygen atoms in total. The quantitative estimate of drug-likeness (QED) is 0.437. The maximum Gasteiger partial charge on any atom is 0.225 e. The minimum atomic E-state index is 0.193. The average molecular weight is 446 g/mol. The van der Waals surface area contributed by atoms with Crippen molar-refractivity contribution >= 4 is 11.8 Å². The van der Waals surface area contributed by atoms with Gasteiger partial charge >= 0.3 is 0 Å². The number of rotatable bonds is 11. The van der Waals surface area contributed by atoms with Crippen LogP contribution in [0.5, 0.6) is 0 Å². The highest BCUT2D eigenvalue weighted by Gasteiger charge is 2.51. The minimum absolute atomic E-state index is 0.193. The van der Waals surface area contributed by atoms with Crippen LogP contribution in [0.15, 0.2) is 11.6 Å². The van der Waals surface area contributed by atoms with Gasteiger partial charge < -0.3 is 9.80 Å². The van der Waals surface area contributed by atoms with Crippen LogP contribution >= 0.6 is 0 Å². The summed E-state index contributed by atoms with van der Waals surface area (Å²) in [7, 11) is 0. The average Bonchev–Trinajstić information content (AvgIpc) is 2.81. The van der Waals surface area contributed by atoms with Gasteiger partial charge in [0.15, 0.2) is 0 Å². The molecule has 0 aromatic rings. The second kappa shape index (κ2) is 11.2. The molecule has 2 bridgehead atoms. The van der Waals surface area contributed by atoms with E-state index >= 15 is 0 Å². The van der Waals surface area contributed by atoms with Crippen LogP contribution < -0.4 is 0 Å². The standard InChI is InChI=1S/C27H47N3O2/c1-6-9-10-21(7-2)26(32)29-16-13-28(14-17-29)15-18-30(25(31)8-3)20-22-11-12-23-19-24(22)27(23,4)5/h11,21,23-24H,6-10,12-20H2,1-5H3. The smallest absolute Gasteiger partial charge is 0.225 e. The first kappa shape index (κ1) is 25.3. The number of carbonyl (C=O) groups is 2. The molecule has 3 unspecified atom stereocenters. The first-order valence-electron chi connectivity index (χ1n) is 13.3. The highest BCUT2D eigenvalue weighted by atomic mass is 16.2. The van der Waals surface area contributed by atoms with Crippen molar-refractivity contribution in [2.45, 2.75) is 79.6 Å². The number of amides is 2. The van der Waals surface area contributed by atoms with Crippen LogP contribution in [0.1, 0.15) is 79.6 Å². The Labute approximate surface area is 196 Å². The van der Waals surface area contributed by atoms with E-state index in [9.17, 15) is 9.59 Å². The summed E-state index contributed by atoms with van der Waals surface area (Å²) in [6.07, 6.45) is 9.74. The summed E-state index contributed by atoms with van der Waals surface area (Å²) in [5, 5.41) is 0. The molecule has 0 aromatic carbocycles. The van der Waals surface area contributed by atoms with Crippen molar-refractivity contribution in [3.63, 3.8) is 0 Å². The SMILES string of the molecule is CCCCC(CC)C(=O)N1CCN(CCN(CC2=CCC3CC2C3(C)C)C(=O)CC)CC1. The second-order valence-electron chi connectivity index (χ2n) is 10.9. The fraction of sp³-hybridized carbons (Fsp3) is 0.852. The molecule has 1 saturated heterocycles. The van der Waals surface area contributed by atoms with E-state index in [-0.39, 0.29) is 11.8 Å². The molecular formula is C27H47N3O2. The third-order valence-corrected chi connectivity index (χ3v) is 8.73. The van der Waals surface area contributed by atoms with E-state index in [2.05, 4.69) is 48.5 Å². The number of piperazine rings is 1. The summed E-state index contributed by atoms with van der Waals surface area (Å²) in [5.74, 6) is 2.30. The molecule has 182 valence electrons. The molecule has 4 aliphatic rings. The molecule has 3 atom stereocenters. The van der Waals surface area contributed by atoms with E-state index < -0.39 is 0 Å². The number of fused-ring (bicyclic) bond motifs is 1. The number of unbranched alkanes of at least 4 members (excludes halogenated alkanes) is 1. The molecule has 1 aliphatic heterocycles. The van der Waals surface area contributed by atoms with Gasteiger partial charge in [-0.1, -0.05) is 59.1 Å². The Balaban J connectivity index is 1.48. The zero-order valence-electron chi connectivity index (χ0n) is 21.4. The first-order valence-corrected chi connectivity index (χ1v) is 13.3. The first-order chi connectivity index (χ1) is 15.3. The Bertz CT molecular complexity index is 678. The van der Waals surface area contributed by atoms with Crippen LogP contribution in [0, 0.1) is 23.2 Å². The molecule has 32 heavy (non-hydrogen) atoms. The molecule has 0 spiro atoms. The highest BCUT2D eigenvalue weighted by Crippen LogP contribution is 2.59. The Morgan fingerprint density at radius 2 is 1.88 bits per heavy atom. The molecule has 1 saturated carbocycles. The molecular weight excluding hydrogens is 398 g/mol. The lowest BCUT2D eigenvalue weighted by atomic mass is 9.49. The van der Waals surface area contributed by atoms with Crippen molar-refractivity contribution in [1.29, 1.82) is 0 Å². The number of hydrogen-bond acceptors (Lipinski definition) is 3. The van der Waals surface area contributed by atoms with Gasteiger partial charge in [-0.05, 0) is 42.9 Å². The summed E-state index contributed by atoms with van der Waals surface area (Å²) in [5.41, 5.74) is 1.90. The largest absolute Gasteiger partial charge is 0.340 e. The van der Waals surface area contributed by atoms with E-state index in [1.807, 2.05) is 6.92 Å². The summed E-state index contributed by atoms with van der Waals surface area (Å²) in [6, 6.07) is 0. The van der Waals surface area contributed by atoms with E-state index in [0.717, 1.165) is 77.4 Å². The van der Waals surface area contributed by atoms with Crippen LogP contribution in [-0.4, -0.2) is 72.3 Å². The summed E-state index contributed by atoms with van der Waals surface area (Å²) >= 11 is 0. The number of nitrogens with zero attached hydrogens (tertiary/aromatic N) is 3. The molecule has 0 N–H and O–H groups in total. The third kappa shape index (κ3) is 5.58. The maximum absolute atomic E-state index is 12.9. The monoisotopic (exact) mass is 445 g/mol. The van der Waals surface area contributed by atoms with Crippen LogP contribution in [0.3, 0.4) is 0 Å². The highest BCUT2D eigenvalue weighted by molar-refractivity contribution is 5.79. The fourth-order valence-electron chi connectivity index (χ4n) is 6.06. The molecule has 2 amide bonds. The van der Waals surface area contributed by atoms with Crippen molar-refractivity contribution in [2.75, 3.05) is 45.8 Å². The van der Waals surface area contributed by atoms with Gasteiger partial charge in [0.25, 0.3) is 0 Å². The molecule has 4 rings (SSSR count). The van der Waals surface area contributed by atoms with Crippen molar-refractivity contribution < 1.29 is 9.59 Å². The van der Waals surface area contributed by atoms with E-state index in [1.165, 1.54) is 18.4 Å².